The Hall–Kier alpha value is -3.15. The second kappa shape index (κ2) is 7.84. The van der Waals surface area contributed by atoms with Crippen LogP contribution in [0, 0.1) is 0 Å². The van der Waals surface area contributed by atoms with Gasteiger partial charge < -0.3 is 4.74 Å². The summed E-state index contributed by atoms with van der Waals surface area (Å²) in [5, 5.41) is 0.470. The van der Waals surface area contributed by atoms with E-state index >= 15 is 0 Å². The van der Waals surface area contributed by atoms with Crippen molar-refractivity contribution in [3.63, 3.8) is 0 Å². The molecule has 4 nitrogen and oxygen atoms in total. The van der Waals surface area contributed by atoms with Gasteiger partial charge in [0.2, 0.25) is 0 Å². The molecule has 0 unspecified atom stereocenters. The van der Waals surface area contributed by atoms with Crippen LogP contribution in [0.25, 0.3) is 16.3 Å². The van der Waals surface area contributed by atoms with E-state index in [4.69, 9.17) is 16.3 Å². The molecule has 0 radical (unpaired) electrons. The van der Waals surface area contributed by atoms with E-state index in [0.717, 1.165) is 21.5 Å². The Morgan fingerprint density at radius 3 is 2.57 bits per heavy atom. The van der Waals surface area contributed by atoms with Crippen LogP contribution in [0.1, 0.15) is 10.4 Å². The summed E-state index contributed by atoms with van der Waals surface area (Å²) in [6, 6.07) is 21.8. The Kier molecular flexibility index (Phi) is 5.10. The lowest BCUT2D eigenvalue weighted by Gasteiger charge is -2.08. The lowest BCUT2D eigenvalue weighted by atomic mass is 10.2. The molecular formula is C22H14ClNO3S. The minimum atomic E-state index is -0.437. The molecule has 3 aromatic carbocycles. The van der Waals surface area contributed by atoms with Crippen LogP contribution in [0.4, 0.5) is 0 Å². The highest BCUT2D eigenvalue weighted by molar-refractivity contribution is 7.16. The van der Waals surface area contributed by atoms with Crippen molar-refractivity contribution in [1.82, 2.24) is 4.57 Å². The summed E-state index contributed by atoms with van der Waals surface area (Å²) in [6.07, 6.45) is 3.00. The molecule has 28 heavy (non-hydrogen) atoms. The molecule has 0 bridgehead atoms. The van der Waals surface area contributed by atoms with Gasteiger partial charge in [0.1, 0.15) is 11.5 Å². The standard InChI is InChI=1S/C22H14ClNO3S/c23-16-11-12-20-18(14-16)24(22(26)28-20)21(25)13-10-15-6-4-5-9-19(15)27-17-7-2-1-3-8-17/h1-14H/b13-10+. The van der Waals surface area contributed by atoms with Gasteiger partial charge in [-0.1, -0.05) is 59.3 Å². The topological polar surface area (TPSA) is 48.3 Å². The maximum atomic E-state index is 12.7. The zero-order valence-corrected chi connectivity index (χ0v) is 16.1. The third-order valence-electron chi connectivity index (χ3n) is 4.06. The molecule has 0 saturated heterocycles. The minimum absolute atomic E-state index is 0.347. The molecule has 0 fully saturated rings. The van der Waals surface area contributed by atoms with Crippen molar-refractivity contribution in [3.8, 4) is 11.5 Å². The van der Waals surface area contributed by atoms with Crippen LogP contribution in [0.3, 0.4) is 0 Å². The molecule has 0 amide bonds. The van der Waals surface area contributed by atoms with Gasteiger partial charge >= 0.3 is 4.87 Å². The van der Waals surface area contributed by atoms with Crippen LogP contribution < -0.4 is 9.61 Å². The van der Waals surface area contributed by atoms with E-state index in [9.17, 15) is 9.59 Å². The number of fused-ring (bicyclic) bond motifs is 1. The van der Waals surface area contributed by atoms with Crippen LogP contribution in [0.2, 0.25) is 5.02 Å². The van der Waals surface area contributed by atoms with Crippen molar-refractivity contribution in [3.05, 3.63) is 99.1 Å². The smallest absolute Gasteiger partial charge is 0.315 e. The number of allylic oxidation sites excluding steroid dienone is 1. The van der Waals surface area contributed by atoms with Crippen molar-refractivity contribution in [2.45, 2.75) is 0 Å². The third-order valence-corrected chi connectivity index (χ3v) is 5.22. The maximum absolute atomic E-state index is 12.7. The summed E-state index contributed by atoms with van der Waals surface area (Å²) in [4.78, 5) is 24.6. The summed E-state index contributed by atoms with van der Waals surface area (Å²) in [6.45, 7) is 0. The number of ether oxygens (including phenoxy) is 1. The van der Waals surface area contributed by atoms with Crippen molar-refractivity contribution < 1.29 is 9.53 Å². The fourth-order valence-corrected chi connectivity index (χ4v) is 3.79. The lowest BCUT2D eigenvalue weighted by Crippen LogP contribution is -2.19. The summed E-state index contributed by atoms with van der Waals surface area (Å²) in [7, 11) is 0. The maximum Gasteiger partial charge on any atom is 0.315 e. The number of thiazole rings is 1. The highest BCUT2D eigenvalue weighted by Crippen LogP contribution is 2.26. The van der Waals surface area contributed by atoms with Gasteiger partial charge in [-0.2, -0.15) is 0 Å². The second-order valence-electron chi connectivity index (χ2n) is 5.94. The van der Waals surface area contributed by atoms with E-state index < -0.39 is 5.91 Å². The Morgan fingerprint density at radius 1 is 1.00 bits per heavy atom. The van der Waals surface area contributed by atoms with E-state index in [-0.39, 0.29) is 4.87 Å². The zero-order chi connectivity index (χ0) is 19.5. The van der Waals surface area contributed by atoms with Crippen LogP contribution in [0.5, 0.6) is 11.5 Å². The number of nitrogens with zero attached hydrogens (tertiary/aromatic N) is 1. The van der Waals surface area contributed by atoms with Crippen molar-refractivity contribution in [2.24, 2.45) is 0 Å². The van der Waals surface area contributed by atoms with Crippen LogP contribution in [-0.2, 0) is 0 Å². The Morgan fingerprint density at radius 2 is 1.75 bits per heavy atom. The van der Waals surface area contributed by atoms with Crippen molar-refractivity contribution in [2.75, 3.05) is 0 Å². The fraction of sp³-hybridized carbons (Fsp3) is 0. The van der Waals surface area contributed by atoms with Gasteiger partial charge in [-0.3, -0.25) is 9.59 Å². The third kappa shape index (κ3) is 3.76. The van der Waals surface area contributed by atoms with Crippen molar-refractivity contribution in [1.29, 1.82) is 0 Å². The van der Waals surface area contributed by atoms with Crippen LogP contribution >= 0.6 is 22.9 Å². The number of rotatable bonds is 4. The Bertz CT molecular complexity index is 1240. The van der Waals surface area contributed by atoms with Gasteiger partial charge in [0.25, 0.3) is 5.91 Å². The lowest BCUT2D eigenvalue weighted by molar-refractivity contribution is 0.0972. The number of benzene rings is 3. The largest absolute Gasteiger partial charge is 0.457 e. The predicted octanol–water partition coefficient (Wildman–Crippen LogP) is 5.86. The number of carbonyl (C=O) groups excluding carboxylic acids is 1. The summed E-state index contributed by atoms with van der Waals surface area (Å²) in [5.74, 6) is 0.876. The van der Waals surface area contributed by atoms with Gasteiger partial charge in [0.05, 0.1) is 10.2 Å². The van der Waals surface area contributed by atoms with E-state index in [1.54, 1.807) is 24.3 Å². The van der Waals surface area contributed by atoms with Crippen LogP contribution in [-0.4, -0.2) is 10.5 Å². The van der Waals surface area contributed by atoms with Gasteiger partial charge in [-0.05, 0) is 42.5 Å². The molecular weight excluding hydrogens is 394 g/mol. The molecule has 4 aromatic rings. The molecule has 0 aliphatic rings. The molecule has 1 aromatic heterocycles. The van der Waals surface area contributed by atoms with E-state index in [1.807, 2.05) is 54.6 Å². The van der Waals surface area contributed by atoms with Crippen molar-refractivity contribution >= 4 is 45.1 Å². The monoisotopic (exact) mass is 407 g/mol. The molecule has 0 aliphatic heterocycles. The van der Waals surface area contributed by atoms with E-state index in [2.05, 4.69) is 0 Å². The first kappa shape index (κ1) is 18.2. The predicted molar refractivity (Wildman–Crippen MR) is 114 cm³/mol. The number of hydrogen-bond acceptors (Lipinski definition) is 4. The fourth-order valence-electron chi connectivity index (χ4n) is 2.76. The Labute approximate surface area is 169 Å². The van der Waals surface area contributed by atoms with E-state index in [0.29, 0.717) is 26.7 Å². The van der Waals surface area contributed by atoms with Crippen LogP contribution in [0.15, 0.2) is 83.7 Å². The Balaban J connectivity index is 1.65. The quantitative estimate of drug-likeness (QED) is 0.398. The first-order chi connectivity index (χ1) is 13.6. The second-order valence-corrected chi connectivity index (χ2v) is 7.37. The number of carbonyl (C=O) groups is 1. The number of halogens is 1. The molecule has 0 aliphatic carbocycles. The van der Waals surface area contributed by atoms with Gasteiger partial charge in [-0.25, -0.2) is 4.57 Å². The van der Waals surface area contributed by atoms with E-state index in [1.165, 1.54) is 6.08 Å². The molecule has 6 heteroatoms. The highest BCUT2D eigenvalue weighted by atomic mass is 35.5. The molecule has 0 N–H and O–H groups in total. The SMILES string of the molecule is O=C(/C=C/c1ccccc1Oc1ccccc1)n1c(=O)sc2ccc(Cl)cc21. The summed E-state index contributed by atoms with van der Waals surface area (Å²) in [5.41, 5.74) is 1.23. The average molecular weight is 408 g/mol. The molecule has 0 saturated carbocycles. The molecule has 0 spiro atoms. The highest BCUT2D eigenvalue weighted by Gasteiger charge is 2.13. The summed E-state index contributed by atoms with van der Waals surface area (Å²) >= 11 is 7.03. The molecule has 1 heterocycles. The van der Waals surface area contributed by atoms with Gasteiger partial charge in [0.15, 0.2) is 0 Å². The first-order valence-electron chi connectivity index (χ1n) is 8.47. The average Bonchev–Trinajstić information content (AvgIpc) is 3.03. The normalized spacial score (nSPS) is 11.2. The molecule has 0 atom stereocenters. The van der Waals surface area contributed by atoms with Gasteiger partial charge in [0, 0.05) is 16.7 Å². The molecule has 4 rings (SSSR count). The van der Waals surface area contributed by atoms with Gasteiger partial charge in [-0.15, -0.1) is 0 Å². The number of aromatic nitrogens is 1. The number of hydrogen-bond donors (Lipinski definition) is 0. The summed E-state index contributed by atoms with van der Waals surface area (Å²) < 4.78 is 7.74. The number of para-hydroxylation sites is 2. The first-order valence-corrected chi connectivity index (χ1v) is 9.67. The minimum Gasteiger partial charge on any atom is -0.457 e. The molecule has 138 valence electrons. The zero-order valence-electron chi connectivity index (χ0n) is 14.5.